The van der Waals surface area contributed by atoms with E-state index in [1.165, 1.54) is 16.7 Å². The monoisotopic (exact) mass is 192 g/mol. The molecule has 78 valence electrons. The van der Waals surface area contributed by atoms with E-state index in [9.17, 15) is 0 Å². The molecular weight excluding hydrogens is 172 g/mol. The van der Waals surface area contributed by atoms with E-state index < -0.39 is 0 Å². The maximum absolute atomic E-state index is 9.00. The van der Waals surface area contributed by atoms with Crippen LogP contribution in [0.1, 0.15) is 37.0 Å². The molecule has 0 aliphatic heterocycles. The van der Waals surface area contributed by atoms with Gasteiger partial charge in [0.05, 0.1) is 0 Å². The van der Waals surface area contributed by atoms with Crippen LogP contribution in [0.4, 0.5) is 0 Å². The number of hydrogen-bond acceptors (Lipinski definition) is 1. The van der Waals surface area contributed by atoms with Crippen LogP contribution in [-0.4, -0.2) is 11.7 Å². The molecule has 1 nitrogen and oxygen atoms in total. The maximum atomic E-state index is 9.00. The first-order chi connectivity index (χ1) is 6.45. The average molecular weight is 192 g/mol. The molecule has 0 amide bonds. The van der Waals surface area contributed by atoms with Gasteiger partial charge in [0, 0.05) is 6.61 Å². The predicted molar refractivity (Wildman–Crippen MR) is 60.6 cm³/mol. The summed E-state index contributed by atoms with van der Waals surface area (Å²) >= 11 is 0. The number of aliphatic hydroxyl groups excluding tert-OH is 1. The molecule has 0 saturated heterocycles. The third kappa shape index (κ3) is 2.58. The van der Waals surface area contributed by atoms with Crippen LogP contribution in [0.5, 0.6) is 0 Å². The van der Waals surface area contributed by atoms with E-state index in [2.05, 4.69) is 45.9 Å². The summed E-state index contributed by atoms with van der Waals surface area (Å²) in [6.07, 6.45) is 0.815. The van der Waals surface area contributed by atoms with E-state index in [1.54, 1.807) is 0 Å². The van der Waals surface area contributed by atoms with Crippen molar-refractivity contribution in [2.24, 2.45) is 0 Å². The van der Waals surface area contributed by atoms with Crippen LogP contribution in [0.15, 0.2) is 18.2 Å². The summed E-state index contributed by atoms with van der Waals surface area (Å²) in [6.45, 7) is 8.84. The van der Waals surface area contributed by atoms with Crippen molar-refractivity contribution >= 4 is 0 Å². The molecule has 0 radical (unpaired) electrons. The lowest BCUT2D eigenvalue weighted by Crippen LogP contribution is -2.19. The number of aryl methyl sites for hydroxylation is 2. The lowest BCUT2D eigenvalue weighted by Gasteiger charge is -2.25. The molecule has 0 heterocycles. The van der Waals surface area contributed by atoms with Gasteiger partial charge in [-0.05, 0) is 31.2 Å². The molecule has 0 fully saturated rings. The molecule has 0 aliphatic rings. The van der Waals surface area contributed by atoms with Gasteiger partial charge in [-0.3, -0.25) is 0 Å². The second kappa shape index (κ2) is 4.14. The van der Waals surface area contributed by atoms with Crippen molar-refractivity contribution in [1.29, 1.82) is 0 Å². The second-order valence-corrected chi connectivity index (χ2v) is 4.73. The largest absolute Gasteiger partial charge is 0.396 e. The average Bonchev–Trinajstić information content (AvgIpc) is 2.02. The fourth-order valence-corrected chi connectivity index (χ4v) is 1.79. The fraction of sp³-hybridized carbons (Fsp3) is 0.538. The Morgan fingerprint density at radius 2 is 1.57 bits per heavy atom. The van der Waals surface area contributed by atoms with Crippen LogP contribution >= 0.6 is 0 Å². The second-order valence-electron chi connectivity index (χ2n) is 4.73. The van der Waals surface area contributed by atoms with E-state index in [-0.39, 0.29) is 12.0 Å². The summed E-state index contributed by atoms with van der Waals surface area (Å²) in [6, 6.07) is 6.60. The quantitative estimate of drug-likeness (QED) is 0.780. The molecule has 1 aromatic rings. The van der Waals surface area contributed by atoms with Crippen molar-refractivity contribution in [2.75, 3.05) is 6.61 Å². The Kier molecular flexibility index (Phi) is 3.33. The number of rotatable bonds is 3. The molecule has 1 rings (SSSR count). The van der Waals surface area contributed by atoms with Crippen molar-refractivity contribution in [1.82, 2.24) is 0 Å². The van der Waals surface area contributed by atoms with E-state index >= 15 is 0 Å². The molecule has 0 bridgehead atoms. The Bertz CT molecular complexity index is 293. The van der Waals surface area contributed by atoms with Gasteiger partial charge in [-0.1, -0.05) is 43.2 Å². The van der Waals surface area contributed by atoms with Gasteiger partial charge >= 0.3 is 0 Å². The zero-order chi connectivity index (χ0) is 10.8. The van der Waals surface area contributed by atoms with Crippen LogP contribution in [-0.2, 0) is 5.41 Å². The zero-order valence-corrected chi connectivity index (χ0v) is 9.59. The molecule has 0 saturated carbocycles. The maximum Gasteiger partial charge on any atom is 0.0439 e. The van der Waals surface area contributed by atoms with Crippen molar-refractivity contribution in [3.05, 3.63) is 34.9 Å². The Hall–Kier alpha value is -0.820. The fourth-order valence-electron chi connectivity index (χ4n) is 1.79. The van der Waals surface area contributed by atoms with Gasteiger partial charge in [0.2, 0.25) is 0 Å². The first-order valence-electron chi connectivity index (χ1n) is 5.15. The molecule has 1 N–H and O–H groups in total. The minimum Gasteiger partial charge on any atom is -0.396 e. The van der Waals surface area contributed by atoms with E-state index in [0.717, 1.165) is 6.42 Å². The van der Waals surface area contributed by atoms with Crippen LogP contribution in [0.3, 0.4) is 0 Å². The van der Waals surface area contributed by atoms with Crippen LogP contribution < -0.4 is 0 Å². The normalized spacial score (nSPS) is 11.8. The summed E-state index contributed by atoms with van der Waals surface area (Å²) in [5.74, 6) is 0. The van der Waals surface area contributed by atoms with Crippen molar-refractivity contribution in [3.63, 3.8) is 0 Å². The third-order valence-corrected chi connectivity index (χ3v) is 2.74. The van der Waals surface area contributed by atoms with Crippen molar-refractivity contribution in [3.8, 4) is 0 Å². The number of benzene rings is 1. The molecule has 0 aromatic heterocycles. The highest BCUT2D eigenvalue weighted by Crippen LogP contribution is 2.28. The summed E-state index contributed by atoms with van der Waals surface area (Å²) in [5, 5.41) is 9.00. The third-order valence-electron chi connectivity index (χ3n) is 2.74. The Labute approximate surface area is 86.8 Å². The zero-order valence-electron chi connectivity index (χ0n) is 9.59. The number of hydrogen-bond donors (Lipinski definition) is 1. The Morgan fingerprint density at radius 3 is 2.00 bits per heavy atom. The van der Waals surface area contributed by atoms with Gasteiger partial charge in [0.1, 0.15) is 0 Å². The Morgan fingerprint density at radius 1 is 1.07 bits per heavy atom. The summed E-state index contributed by atoms with van der Waals surface area (Å²) in [5.41, 5.74) is 3.99. The van der Waals surface area contributed by atoms with Crippen LogP contribution in [0.25, 0.3) is 0 Å². The molecule has 14 heavy (non-hydrogen) atoms. The first kappa shape index (κ1) is 11.3. The molecule has 0 aliphatic carbocycles. The summed E-state index contributed by atoms with van der Waals surface area (Å²) < 4.78 is 0. The van der Waals surface area contributed by atoms with Gasteiger partial charge in [0.25, 0.3) is 0 Å². The van der Waals surface area contributed by atoms with Gasteiger partial charge in [0.15, 0.2) is 0 Å². The standard InChI is InChI=1S/C13H20O/c1-10-7-11(2)9-12(8-10)13(3,4)5-6-14/h7-9,14H,5-6H2,1-4H3. The van der Waals surface area contributed by atoms with E-state index in [4.69, 9.17) is 5.11 Å². The van der Waals surface area contributed by atoms with Gasteiger partial charge < -0.3 is 5.11 Å². The van der Waals surface area contributed by atoms with Gasteiger partial charge in [-0.2, -0.15) is 0 Å². The minimum atomic E-state index is 0.0749. The molecule has 1 aromatic carbocycles. The molecule has 0 spiro atoms. The summed E-state index contributed by atoms with van der Waals surface area (Å²) in [4.78, 5) is 0. The van der Waals surface area contributed by atoms with Crippen LogP contribution in [0.2, 0.25) is 0 Å². The van der Waals surface area contributed by atoms with Crippen LogP contribution in [0, 0.1) is 13.8 Å². The lowest BCUT2D eigenvalue weighted by molar-refractivity contribution is 0.252. The lowest BCUT2D eigenvalue weighted by atomic mass is 9.80. The minimum absolute atomic E-state index is 0.0749. The van der Waals surface area contributed by atoms with E-state index in [0.29, 0.717) is 0 Å². The first-order valence-corrected chi connectivity index (χ1v) is 5.15. The van der Waals surface area contributed by atoms with Crippen molar-refractivity contribution in [2.45, 2.75) is 39.5 Å². The number of aliphatic hydroxyl groups is 1. The SMILES string of the molecule is Cc1cc(C)cc(C(C)(C)CCO)c1. The highest BCUT2D eigenvalue weighted by Gasteiger charge is 2.19. The highest BCUT2D eigenvalue weighted by atomic mass is 16.3. The predicted octanol–water partition coefficient (Wildman–Crippen LogP) is 2.96. The molecule has 0 unspecified atom stereocenters. The smallest absolute Gasteiger partial charge is 0.0439 e. The molecule has 1 heteroatoms. The van der Waals surface area contributed by atoms with Gasteiger partial charge in [-0.25, -0.2) is 0 Å². The van der Waals surface area contributed by atoms with E-state index in [1.807, 2.05) is 0 Å². The topological polar surface area (TPSA) is 20.2 Å². The molecule has 0 atom stereocenters. The Balaban J connectivity index is 3.05. The summed E-state index contributed by atoms with van der Waals surface area (Å²) in [7, 11) is 0. The molecular formula is C13H20O. The van der Waals surface area contributed by atoms with Crippen molar-refractivity contribution < 1.29 is 5.11 Å². The van der Waals surface area contributed by atoms with Gasteiger partial charge in [-0.15, -0.1) is 0 Å². The highest BCUT2D eigenvalue weighted by molar-refractivity contribution is 5.33.